The molecule has 3 aromatic rings. The molecule has 0 aliphatic heterocycles. The summed E-state index contributed by atoms with van der Waals surface area (Å²) in [5.74, 6) is -0.119. The average Bonchev–Trinajstić information content (AvgIpc) is 2.98. The molecule has 2 heterocycles. The molecule has 0 spiro atoms. The van der Waals surface area contributed by atoms with Gasteiger partial charge in [0.05, 0.1) is 28.5 Å². The Hall–Kier alpha value is -2.05. The SMILES string of the molecule is Cc1ncc(CNC(=O)c2ccc(-c3cccc(Br)c3)nc2C)s1. The average molecular weight is 402 g/mol. The first-order chi connectivity index (χ1) is 11.5. The van der Waals surface area contributed by atoms with Crippen LogP contribution in [0.2, 0.25) is 0 Å². The van der Waals surface area contributed by atoms with Crippen molar-refractivity contribution in [2.45, 2.75) is 20.4 Å². The number of nitrogens with one attached hydrogen (secondary N) is 1. The molecular weight excluding hydrogens is 386 g/mol. The van der Waals surface area contributed by atoms with Crippen LogP contribution in [0.4, 0.5) is 0 Å². The van der Waals surface area contributed by atoms with E-state index in [0.717, 1.165) is 25.6 Å². The van der Waals surface area contributed by atoms with Gasteiger partial charge in [0, 0.05) is 21.1 Å². The fourth-order valence-electron chi connectivity index (χ4n) is 2.36. The molecule has 1 aromatic carbocycles. The van der Waals surface area contributed by atoms with Crippen molar-refractivity contribution in [3.05, 3.63) is 68.2 Å². The third kappa shape index (κ3) is 3.88. The van der Waals surface area contributed by atoms with Gasteiger partial charge in [-0.15, -0.1) is 11.3 Å². The molecule has 6 heteroatoms. The molecule has 1 N–H and O–H groups in total. The van der Waals surface area contributed by atoms with E-state index in [0.29, 0.717) is 17.8 Å². The third-order valence-corrected chi connectivity index (χ3v) is 4.95. The first-order valence-corrected chi connectivity index (χ1v) is 9.07. The van der Waals surface area contributed by atoms with Gasteiger partial charge in [0.2, 0.25) is 0 Å². The van der Waals surface area contributed by atoms with Crippen LogP contribution in [0.15, 0.2) is 47.1 Å². The molecule has 122 valence electrons. The van der Waals surface area contributed by atoms with Gasteiger partial charge in [-0.3, -0.25) is 9.78 Å². The lowest BCUT2D eigenvalue weighted by Gasteiger charge is -2.08. The molecule has 0 bridgehead atoms. The van der Waals surface area contributed by atoms with Crippen molar-refractivity contribution in [3.63, 3.8) is 0 Å². The predicted octanol–water partition coefficient (Wildman–Crippen LogP) is 4.51. The maximum atomic E-state index is 12.4. The van der Waals surface area contributed by atoms with Gasteiger partial charge in [-0.1, -0.05) is 28.1 Å². The monoisotopic (exact) mass is 401 g/mol. The lowest BCUT2D eigenvalue weighted by molar-refractivity contribution is 0.0950. The zero-order chi connectivity index (χ0) is 17.1. The standard InChI is InChI=1S/C18H16BrN3OS/c1-11-16(18(23)21-10-15-9-20-12(2)24-15)6-7-17(22-11)13-4-3-5-14(19)8-13/h3-9H,10H2,1-2H3,(H,21,23). The number of halogens is 1. The van der Waals surface area contributed by atoms with E-state index in [-0.39, 0.29) is 5.91 Å². The van der Waals surface area contributed by atoms with Gasteiger partial charge in [0.1, 0.15) is 0 Å². The summed E-state index contributed by atoms with van der Waals surface area (Å²) in [6.45, 7) is 4.29. The van der Waals surface area contributed by atoms with Crippen molar-refractivity contribution in [1.82, 2.24) is 15.3 Å². The fraction of sp³-hybridized carbons (Fsp3) is 0.167. The predicted molar refractivity (Wildman–Crippen MR) is 100 cm³/mol. The molecule has 2 aromatic heterocycles. The lowest BCUT2D eigenvalue weighted by atomic mass is 10.1. The van der Waals surface area contributed by atoms with Gasteiger partial charge in [0.25, 0.3) is 5.91 Å². The molecule has 0 atom stereocenters. The summed E-state index contributed by atoms with van der Waals surface area (Å²) in [6, 6.07) is 11.6. The molecule has 24 heavy (non-hydrogen) atoms. The Morgan fingerprint density at radius 3 is 2.75 bits per heavy atom. The van der Waals surface area contributed by atoms with Crippen molar-refractivity contribution < 1.29 is 4.79 Å². The highest BCUT2D eigenvalue weighted by Crippen LogP contribution is 2.22. The summed E-state index contributed by atoms with van der Waals surface area (Å²) in [5.41, 5.74) is 3.17. The number of aryl methyl sites for hydroxylation is 2. The summed E-state index contributed by atoms with van der Waals surface area (Å²) in [7, 11) is 0. The van der Waals surface area contributed by atoms with E-state index in [1.807, 2.05) is 50.2 Å². The lowest BCUT2D eigenvalue weighted by Crippen LogP contribution is -2.23. The molecule has 3 rings (SSSR count). The minimum atomic E-state index is -0.119. The van der Waals surface area contributed by atoms with Crippen LogP contribution >= 0.6 is 27.3 Å². The highest BCUT2D eigenvalue weighted by Gasteiger charge is 2.12. The fourth-order valence-corrected chi connectivity index (χ4v) is 3.49. The third-order valence-electron chi connectivity index (χ3n) is 3.54. The molecule has 0 radical (unpaired) electrons. The summed E-state index contributed by atoms with van der Waals surface area (Å²) in [5, 5.41) is 3.92. The first kappa shape index (κ1) is 16.8. The van der Waals surface area contributed by atoms with Crippen LogP contribution in [0.1, 0.15) is 25.9 Å². The van der Waals surface area contributed by atoms with Gasteiger partial charge in [-0.2, -0.15) is 0 Å². The maximum Gasteiger partial charge on any atom is 0.253 e. The van der Waals surface area contributed by atoms with Gasteiger partial charge in [0.15, 0.2) is 0 Å². The van der Waals surface area contributed by atoms with Crippen LogP contribution in [0, 0.1) is 13.8 Å². The smallest absolute Gasteiger partial charge is 0.253 e. The highest BCUT2D eigenvalue weighted by atomic mass is 79.9. The van der Waals surface area contributed by atoms with Crippen LogP contribution in [0.5, 0.6) is 0 Å². The minimum absolute atomic E-state index is 0.119. The second-order valence-corrected chi connectivity index (χ2v) is 7.60. The Morgan fingerprint density at radius 1 is 1.25 bits per heavy atom. The molecular formula is C18H16BrN3OS. The summed E-state index contributed by atoms with van der Waals surface area (Å²) in [4.78, 5) is 22.2. The molecule has 0 unspecified atom stereocenters. The first-order valence-electron chi connectivity index (χ1n) is 7.46. The van der Waals surface area contributed by atoms with E-state index < -0.39 is 0 Å². The Labute approximate surface area is 153 Å². The number of hydrogen-bond acceptors (Lipinski definition) is 4. The number of nitrogens with zero attached hydrogens (tertiary/aromatic N) is 2. The normalized spacial score (nSPS) is 10.6. The van der Waals surface area contributed by atoms with Crippen LogP contribution < -0.4 is 5.32 Å². The van der Waals surface area contributed by atoms with Crippen molar-refractivity contribution >= 4 is 33.2 Å². The van der Waals surface area contributed by atoms with E-state index in [1.54, 1.807) is 17.5 Å². The molecule has 0 saturated carbocycles. The molecule has 1 amide bonds. The number of rotatable bonds is 4. The van der Waals surface area contributed by atoms with E-state index in [4.69, 9.17) is 0 Å². The molecule has 0 fully saturated rings. The Morgan fingerprint density at radius 2 is 2.08 bits per heavy atom. The summed E-state index contributed by atoms with van der Waals surface area (Å²) >= 11 is 5.05. The topological polar surface area (TPSA) is 54.9 Å². The number of thiazole rings is 1. The van der Waals surface area contributed by atoms with Crippen LogP contribution in [0.3, 0.4) is 0 Å². The van der Waals surface area contributed by atoms with Gasteiger partial charge in [-0.25, -0.2) is 4.98 Å². The van der Waals surface area contributed by atoms with Crippen LogP contribution in [-0.2, 0) is 6.54 Å². The number of aromatic nitrogens is 2. The van der Waals surface area contributed by atoms with Crippen molar-refractivity contribution in [3.8, 4) is 11.3 Å². The van der Waals surface area contributed by atoms with E-state index in [2.05, 4.69) is 31.2 Å². The number of pyridine rings is 1. The van der Waals surface area contributed by atoms with Crippen LogP contribution in [-0.4, -0.2) is 15.9 Å². The summed E-state index contributed by atoms with van der Waals surface area (Å²) < 4.78 is 1.00. The largest absolute Gasteiger partial charge is 0.347 e. The molecule has 0 aliphatic rings. The second kappa shape index (κ2) is 7.23. The minimum Gasteiger partial charge on any atom is -0.347 e. The zero-order valence-corrected chi connectivity index (χ0v) is 15.7. The number of hydrogen-bond donors (Lipinski definition) is 1. The van der Waals surface area contributed by atoms with Crippen LogP contribution in [0.25, 0.3) is 11.3 Å². The molecule has 0 aliphatic carbocycles. The van der Waals surface area contributed by atoms with Crippen molar-refractivity contribution in [2.75, 3.05) is 0 Å². The van der Waals surface area contributed by atoms with Crippen molar-refractivity contribution in [1.29, 1.82) is 0 Å². The summed E-state index contributed by atoms with van der Waals surface area (Å²) in [6.07, 6.45) is 1.79. The number of carbonyl (C=O) groups is 1. The van der Waals surface area contributed by atoms with Gasteiger partial charge < -0.3 is 5.32 Å². The van der Waals surface area contributed by atoms with E-state index in [9.17, 15) is 4.79 Å². The molecule has 0 saturated heterocycles. The maximum absolute atomic E-state index is 12.4. The van der Waals surface area contributed by atoms with E-state index >= 15 is 0 Å². The Bertz CT molecular complexity index is 891. The van der Waals surface area contributed by atoms with Crippen molar-refractivity contribution in [2.24, 2.45) is 0 Å². The zero-order valence-electron chi connectivity index (χ0n) is 13.3. The second-order valence-electron chi connectivity index (χ2n) is 5.37. The number of carbonyl (C=O) groups excluding carboxylic acids is 1. The Kier molecular flexibility index (Phi) is 5.06. The number of amides is 1. The van der Waals surface area contributed by atoms with Gasteiger partial charge in [-0.05, 0) is 38.1 Å². The number of benzene rings is 1. The van der Waals surface area contributed by atoms with E-state index in [1.165, 1.54) is 0 Å². The highest BCUT2D eigenvalue weighted by molar-refractivity contribution is 9.10. The molecule has 4 nitrogen and oxygen atoms in total. The quantitative estimate of drug-likeness (QED) is 0.699. The Balaban J connectivity index is 1.75. The van der Waals surface area contributed by atoms with Gasteiger partial charge >= 0.3 is 0 Å².